The second kappa shape index (κ2) is 3.61. The van der Waals surface area contributed by atoms with Gasteiger partial charge in [0, 0.05) is 0 Å². The summed E-state index contributed by atoms with van der Waals surface area (Å²) in [7, 11) is -5.46. The lowest BCUT2D eigenvalue weighted by atomic mass is 10.3. The molecule has 0 saturated heterocycles. The number of benzene rings is 1. The monoisotopic (exact) mass is 240 g/mol. The molecule has 0 amide bonds. The molecule has 1 radical (unpaired) electrons. The first-order valence-corrected chi connectivity index (χ1v) is 5.01. The Kier molecular flexibility index (Phi) is 2.80. The SMILES string of the molecule is O=S(=O)(Nc1[c]c(O)ccc1)C(F)(F)F. The van der Waals surface area contributed by atoms with Crippen molar-refractivity contribution in [3.05, 3.63) is 24.3 Å². The van der Waals surface area contributed by atoms with Gasteiger partial charge in [-0.15, -0.1) is 0 Å². The molecule has 0 spiro atoms. The maximum Gasteiger partial charge on any atom is 0.516 e. The summed E-state index contributed by atoms with van der Waals surface area (Å²) in [5.74, 6) is -0.461. The van der Waals surface area contributed by atoms with Gasteiger partial charge in [-0.2, -0.15) is 21.6 Å². The summed E-state index contributed by atoms with van der Waals surface area (Å²) in [5, 5.41) is 8.84. The van der Waals surface area contributed by atoms with Crippen molar-refractivity contribution in [1.82, 2.24) is 0 Å². The van der Waals surface area contributed by atoms with Gasteiger partial charge in [-0.1, -0.05) is 6.07 Å². The van der Waals surface area contributed by atoms with E-state index in [9.17, 15) is 21.6 Å². The molecule has 0 aliphatic rings. The molecule has 0 fully saturated rings. The van der Waals surface area contributed by atoms with Crippen molar-refractivity contribution < 1.29 is 26.7 Å². The predicted molar refractivity (Wildman–Crippen MR) is 45.5 cm³/mol. The van der Waals surface area contributed by atoms with E-state index < -0.39 is 27.0 Å². The number of halogens is 3. The number of phenolic OH excluding ortho intramolecular Hbond substituents is 1. The Morgan fingerprint density at radius 3 is 2.40 bits per heavy atom. The van der Waals surface area contributed by atoms with E-state index in [0.29, 0.717) is 0 Å². The number of anilines is 1. The van der Waals surface area contributed by atoms with E-state index in [-0.39, 0.29) is 0 Å². The van der Waals surface area contributed by atoms with Crippen molar-refractivity contribution in [2.75, 3.05) is 4.72 Å². The molecule has 2 N–H and O–H groups in total. The number of hydrogen-bond acceptors (Lipinski definition) is 3. The van der Waals surface area contributed by atoms with Gasteiger partial charge in [0.2, 0.25) is 0 Å². The van der Waals surface area contributed by atoms with E-state index >= 15 is 0 Å². The van der Waals surface area contributed by atoms with Crippen molar-refractivity contribution in [1.29, 1.82) is 0 Å². The van der Waals surface area contributed by atoms with E-state index in [4.69, 9.17) is 5.11 Å². The van der Waals surface area contributed by atoms with Crippen LogP contribution >= 0.6 is 0 Å². The van der Waals surface area contributed by atoms with Crippen LogP contribution in [-0.4, -0.2) is 19.0 Å². The Hall–Kier alpha value is -1.44. The Balaban J connectivity index is 2.98. The van der Waals surface area contributed by atoms with Crippen LogP contribution in [0, 0.1) is 6.07 Å². The first kappa shape index (κ1) is 11.6. The summed E-state index contributed by atoms with van der Waals surface area (Å²) in [4.78, 5) is 0. The highest BCUT2D eigenvalue weighted by molar-refractivity contribution is 7.93. The number of sulfonamides is 1. The van der Waals surface area contributed by atoms with Crippen LogP contribution in [0.25, 0.3) is 0 Å². The summed E-state index contributed by atoms with van der Waals surface area (Å²) < 4.78 is 58.1. The zero-order chi connectivity index (χ0) is 11.7. The number of hydrogen-bond donors (Lipinski definition) is 2. The summed E-state index contributed by atoms with van der Waals surface area (Å²) in [5.41, 5.74) is -5.88. The molecule has 0 unspecified atom stereocenters. The molecule has 0 heterocycles. The number of aromatic hydroxyl groups is 1. The molecule has 0 bridgehead atoms. The van der Waals surface area contributed by atoms with Gasteiger partial charge in [0.1, 0.15) is 5.75 Å². The summed E-state index contributed by atoms with van der Waals surface area (Å²) in [6.45, 7) is 0. The van der Waals surface area contributed by atoms with E-state index in [1.165, 1.54) is 10.8 Å². The molecular weight excluding hydrogens is 235 g/mol. The van der Waals surface area contributed by atoms with Gasteiger partial charge in [0.05, 0.1) is 11.8 Å². The van der Waals surface area contributed by atoms with Crippen LogP contribution in [0.5, 0.6) is 5.75 Å². The molecule has 8 heteroatoms. The molecule has 1 aromatic rings. The average molecular weight is 240 g/mol. The first-order valence-electron chi connectivity index (χ1n) is 3.53. The fourth-order valence-electron chi connectivity index (χ4n) is 0.719. The normalized spacial score (nSPS) is 12.5. The Labute approximate surface area is 83.4 Å². The lowest BCUT2D eigenvalue weighted by molar-refractivity contribution is -0.0429. The molecule has 0 atom stereocenters. The van der Waals surface area contributed by atoms with E-state index in [0.717, 1.165) is 12.1 Å². The van der Waals surface area contributed by atoms with Gasteiger partial charge in [-0.05, 0) is 12.1 Å². The average Bonchev–Trinajstić information content (AvgIpc) is 2.00. The molecule has 1 aromatic carbocycles. The maximum atomic E-state index is 11.9. The third kappa shape index (κ3) is 2.75. The zero-order valence-corrected chi connectivity index (χ0v) is 7.85. The molecule has 0 aliphatic carbocycles. The van der Waals surface area contributed by atoms with Gasteiger partial charge in [0.15, 0.2) is 0 Å². The Morgan fingerprint density at radius 1 is 1.33 bits per heavy atom. The molecule has 0 aliphatic heterocycles. The topological polar surface area (TPSA) is 66.4 Å². The third-order valence-electron chi connectivity index (χ3n) is 1.33. The van der Waals surface area contributed by atoms with Crippen LogP contribution in [-0.2, 0) is 10.0 Å². The minimum Gasteiger partial charge on any atom is -0.507 e. The van der Waals surface area contributed by atoms with Gasteiger partial charge in [-0.3, -0.25) is 4.72 Å². The fraction of sp³-hybridized carbons (Fsp3) is 0.143. The highest BCUT2D eigenvalue weighted by Gasteiger charge is 2.46. The molecule has 15 heavy (non-hydrogen) atoms. The predicted octanol–water partition coefficient (Wildman–Crippen LogP) is 1.45. The third-order valence-corrected chi connectivity index (χ3v) is 2.43. The molecule has 1 rings (SSSR count). The number of nitrogens with one attached hydrogen (secondary N) is 1. The number of phenols is 1. The standard InChI is InChI=1S/C7H5F3NO3S/c8-7(9,10)15(13,14)11-5-2-1-3-6(12)4-5/h1-3,11-12H. The second-order valence-electron chi connectivity index (χ2n) is 2.50. The lowest BCUT2D eigenvalue weighted by Crippen LogP contribution is -2.29. The van der Waals surface area contributed by atoms with E-state index in [1.54, 1.807) is 0 Å². The molecule has 0 aromatic heterocycles. The molecular formula is C7H5F3NO3S. The van der Waals surface area contributed by atoms with Crippen LogP contribution in [0.2, 0.25) is 0 Å². The lowest BCUT2D eigenvalue weighted by Gasteiger charge is -2.09. The minimum absolute atomic E-state index is 0.461. The van der Waals surface area contributed by atoms with Crippen molar-refractivity contribution in [3.63, 3.8) is 0 Å². The van der Waals surface area contributed by atoms with Crippen molar-refractivity contribution >= 4 is 15.7 Å². The maximum absolute atomic E-state index is 11.9. The molecule has 83 valence electrons. The van der Waals surface area contributed by atoms with E-state index in [1.807, 2.05) is 6.07 Å². The summed E-state index contributed by atoms with van der Waals surface area (Å²) >= 11 is 0. The van der Waals surface area contributed by atoms with Crippen LogP contribution in [0.15, 0.2) is 18.2 Å². The van der Waals surface area contributed by atoms with Crippen LogP contribution in [0.3, 0.4) is 0 Å². The summed E-state index contributed by atoms with van der Waals surface area (Å²) in [6.07, 6.45) is 0. The Morgan fingerprint density at radius 2 is 1.93 bits per heavy atom. The molecule has 0 saturated carbocycles. The molecule has 4 nitrogen and oxygen atoms in total. The number of alkyl halides is 3. The van der Waals surface area contributed by atoms with Gasteiger partial charge < -0.3 is 5.11 Å². The minimum atomic E-state index is -5.46. The highest BCUT2D eigenvalue weighted by Crippen LogP contribution is 2.26. The van der Waals surface area contributed by atoms with Crippen molar-refractivity contribution in [2.24, 2.45) is 0 Å². The summed E-state index contributed by atoms with van der Waals surface area (Å²) in [6, 6.07) is 5.36. The fourth-order valence-corrected chi connectivity index (χ4v) is 1.24. The first-order chi connectivity index (χ1) is 6.72. The number of rotatable bonds is 2. The van der Waals surface area contributed by atoms with Crippen molar-refractivity contribution in [2.45, 2.75) is 5.51 Å². The highest BCUT2D eigenvalue weighted by atomic mass is 32.2. The van der Waals surface area contributed by atoms with Gasteiger partial charge >= 0.3 is 15.5 Å². The Bertz CT molecular complexity index is 455. The smallest absolute Gasteiger partial charge is 0.507 e. The van der Waals surface area contributed by atoms with Crippen LogP contribution < -0.4 is 4.72 Å². The van der Waals surface area contributed by atoms with Crippen LogP contribution in [0.1, 0.15) is 0 Å². The second-order valence-corrected chi connectivity index (χ2v) is 4.17. The zero-order valence-electron chi connectivity index (χ0n) is 7.04. The van der Waals surface area contributed by atoms with Gasteiger partial charge in [-0.25, -0.2) is 0 Å². The van der Waals surface area contributed by atoms with Crippen molar-refractivity contribution in [3.8, 4) is 5.75 Å². The largest absolute Gasteiger partial charge is 0.516 e. The quantitative estimate of drug-likeness (QED) is 0.822. The van der Waals surface area contributed by atoms with E-state index in [2.05, 4.69) is 0 Å². The van der Waals surface area contributed by atoms with Crippen LogP contribution in [0.4, 0.5) is 18.9 Å². The van der Waals surface area contributed by atoms with Gasteiger partial charge in [0.25, 0.3) is 0 Å².